The minimum absolute atomic E-state index is 0.256. The van der Waals surface area contributed by atoms with Crippen LogP contribution in [0.3, 0.4) is 0 Å². The maximum absolute atomic E-state index is 12.1. The van der Waals surface area contributed by atoms with E-state index in [4.69, 9.17) is 17.0 Å². The summed E-state index contributed by atoms with van der Waals surface area (Å²) in [4.78, 5) is 12.1. The van der Waals surface area contributed by atoms with Crippen LogP contribution in [0.2, 0.25) is 0 Å². The summed E-state index contributed by atoms with van der Waals surface area (Å²) in [6, 6.07) is 15.3. The number of carbonyl (C=O) groups excluding carboxylic acids is 1. The number of unbranched alkanes of at least 4 members (excludes halogenated alkanes) is 1. The fourth-order valence-electron chi connectivity index (χ4n) is 2.40. The van der Waals surface area contributed by atoms with E-state index in [9.17, 15) is 4.79 Å². The number of aryl methyl sites for hydroxylation is 1. The van der Waals surface area contributed by atoms with Gasteiger partial charge in [0.25, 0.3) is 5.91 Å². The van der Waals surface area contributed by atoms with Gasteiger partial charge in [-0.2, -0.15) is 0 Å². The highest BCUT2D eigenvalue weighted by molar-refractivity contribution is 7.80. The third kappa shape index (κ3) is 6.46. The molecule has 0 atom stereocenters. The van der Waals surface area contributed by atoms with Crippen LogP contribution in [0.1, 0.15) is 41.3 Å². The zero-order chi connectivity index (χ0) is 18.8. The summed E-state index contributed by atoms with van der Waals surface area (Å²) in [6.07, 6.45) is 3.45. The Bertz CT molecular complexity index is 715. The van der Waals surface area contributed by atoms with Crippen molar-refractivity contribution in [3.8, 4) is 0 Å². The number of benzene rings is 2. The summed E-state index contributed by atoms with van der Waals surface area (Å²) in [7, 11) is 1.64. The van der Waals surface area contributed by atoms with Gasteiger partial charge in [-0.25, -0.2) is 0 Å². The smallest absolute Gasteiger partial charge is 0.269 e. The van der Waals surface area contributed by atoms with E-state index in [0.717, 1.165) is 17.7 Å². The monoisotopic (exact) mass is 371 g/mol. The van der Waals surface area contributed by atoms with Gasteiger partial charge in [0.15, 0.2) is 5.11 Å². The molecule has 0 unspecified atom stereocenters. The molecule has 138 valence electrons. The van der Waals surface area contributed by atoms with Crippen molar-refractivity contribution in [2.75, 3.05) is 12.4 Å². The Morgan fingerprint density at radius 2 is 1.65 bits per heavy atom. The molecule has 0 aromatic heterocycles. The van der Waals surface area contributed by atoms with E-state index < -0.39 is 0 Å². The molecule has 0 spiro atoms. The number of methoxy groups -OCH3 is 1. The summed E-state index contributed by atoms with van der Waals surface area (Å²) in [5.74, 6) is -0.256. The number of hydrogen-bond acceptors (Lipinski definition) is 3. The van der Waals surface area contributed by atoms with Crippen LogP contribution < -0.4 is 16.2 Å². The first-order valence-corrected chi connectivity index (χ1v) is 9.07. The molecule has 5 nitrogen and oxygen atoms in total. The van der Waals surface area contributed by atoms with Crippen LogP contribution in [0.15, 0.2) is 48.5 Å². The predicted molar refractivity (Wildman–Crippen MR) is 109 cm³/mol. The van der Waals surface area contributed by atoms with Crippen molar-refractivity contribution < 1.29 is 9.53 Å². The lowest BCUT2D eigenvalue weighted by Gasteiger charge is -2.12. The van der Waals surface area contributed by atoms with Crippen LogP contribution in [-0.2, 0) is 17.8 Å². The number of hydrazine groups is 1. The molecule has 0 aliphatic heterocycles. The first kappa shape index (κ1) is 19.9. The van der Waals surface area contributed by atoms with E-state index in [0.29, 0.717) is 17.3 Å². The fraction of sp³-hybridized carbons (Fsp3) is 0.300. The van der Waals surface area contributed by atoms with Crippen molar-refractivity contribution in [1.82, 2.24) is 10.9 Å². The summed E-state index contributed by atoms with van der Waals surface area (Å²) < 4.78 is 5.05. The van der Waals surface area contributed by atoms with Gasteiger partial charge >= 0.3 is 0 Å². The van der Waals surface area contributed by atoms with E-state index in [1.54, 1.807) is 19.2 Å². The Hall–Kier alpha value is -2.44. The Labute approximate surface area is 160 Å². The number of thiocarbonyl (C=S) groups is 1. The van der Waals surface area contributed by atoms with Gasteiger partial charge in [0.05, 0.1) is 6.61 Å². The topological polar surface area (TPSA) is 62.4 Å². The van der Waals surface area contributed by atoms with Crippen LogP contribution in [0.4, 0.5) is 5.69 Å². The molecule has 26 heavy (non-hydrogen) atoms. The molecule has 0 saturated carbocycles. The quantitative estimate of drug-likeness (QED) is 0.510. The lowest BCUT2D eigenvalue weighted by atomic mass is 10.1. The van der Waals surface area contributed by atoms with Gasteiger partial charge in [-0.15, -0.1) is 0 Å². The van der Waals surface area contributed by atoms with Gasteiger partial charge in [0, 0.05) is 18.4 Å². The molecule has 2 aromatic carbocycles. The molecule has 0 saturated heterocycles. The van der Waals surface area contributed by atoms with Crippen molar-refractivity contribution in [2.24, 2.45) is 0 Å². The second kappa shape index (κ2) is 10.5. The third-order valence-electron chi connectivity index (χ3n) is 3.85. The van der Waals surface area contributed by atoms with Crippen LogP contribution >= 0.6 is 12.2 Å². The second-order valence-electron chi connectivity index (χ2n) is 5.96. The van der Waals surface area contributed by atoms with Crippen molar-refractivity contribution in [3.63, 3.8) is 0 Å². The summed E-state index contributed by atoms with van der Waals surface area (Å²) in [5, 5.41) is 3.38. The molecule has 1 amide bonds. The third-order valence-corrected chi connectivity index (χ3v) is 4.05. The lowest BCUT2D eigenvalue weighted by Crippen LogP contribution is -2.43. The molecule has 0 radical (unpaired) electrons. The number of nitrogens with one attached hydrogen (secondary N) is 3. The Morgan fingerprint density at radius 3 is 2.27 bits per heavy atom. The maximum atomic E-state index is 12.1. The molecule has 0 heterocycles. The predicted octanol–water partition coefficient (Wildman–Crippen LogP) is 3.81. The average molecular weight is 372 g/mol. The largest absolute Gasteiger partial charge is 0.380 e. The first-order chi connectivity index (χ1) is 12.6. The summed E-state index contributed by atoms with van der Waals surface area (Å²) >= 11 is 5.21. The number of carbonyl (C=O) groups is 1. The molecule has 3 N–H and O–H groups in total. The van der Waals surface area contributed by atoms with Crippen LogP contribution in [0, 0.1) is 0 Å². The van der Waals surface area contributed by atoms with Gasteiger partial charge in [-0.3, -0.25) is 15.6 Å². The maximum Gasteiger partial charge on any atom is 0.269 e. The Balaban J connectivity index is 1.79. The highest BCUT2D eigenvalue weighted by Crippen LogP contribution is 2.11. The highest BCUT2D eigenvalue weighted by Gasteiger charge is 2.06. The van der Waals surface area contributed by atoms with E-state index in [1.807, 2.05) is 24.3 Å². The molecular formula is C20H25N3O2S. The first-order valence-electron chi connectivity index (χ1n) is 8.66. The second-order valence-corrected chi connectivity index (χ2v) is 6.37. The van der Waals surface area contributed by atoms with E-state index in [-0.39, 0.29) is 5.91 Å². The van der Waals surface area contributed by atoms with Gasteiger partial charge in [0.2, 0.25) is 0 Å². The highest BCUT2D eigenvalue weighted by atomic mass is 32.1. The Kier molecular flexibility index (Phi) is 8.05. The van der Waals surface area contributed by atoms with Crippen LogP contribution in [0.25, 0.3) is 0 Å². The molecule has 2 aromatic rings. The summed E-state index contributed by atoms with van der Waals surface area (Å²) in [5.41, 5.74) is 9.04. The van der Waals surface area contributed by atoms with Gasteiger partial charge in [0.1, 0.15) is 0 Å². The zero-order valence-corrected chi connectivity index (χ0v) is 16.0. The van der Waals surface area contributed by atoms with Crippen LogP contribution in [0.5, 0.6) is 0 Å². The van der Waals surface area contributed by atoms with Crippen molar-refractivity contribution in [1.29, 1.82) is 0 Å². The number of amides is 1. The minimum Gasteiger partial charge on any atom is -0.380 e. The zero-order valence-electron chi connectivity index (χ0n) is 15.2. The molecule has 0 aliphatic rings. The number of hydrogen-bond donors (Lipinski definition) is 3. The molecule has 2 rings (SSSR count). The summed E-state index contributed by atoms with van der Waals surface area (Å²) in [6.45, 7) is 2.70. The average Bonchev–Trinajstić information content (AvgIpc) is 2.66. The number of ether oxygens (including phenoxy) is 1. The van der Waals surface area contributed by atoms with Gasteiger partial charge < -0.3 is 10.1 Å². The Morgan fingerprint density at radius 1 is 1.00 bits per heavy atom. The SMILES string of the molecule is CCCCc1ccc(NC(=S)NNC(=O)c2ccc(COC)cc2)cc1. The molecule has 0 fully saturated rings. The van der Waals surface area contributed by atoms with Gasteiger partial charge in [-0.05, 0) is 60.5 Å². The molecular weight excluding hydrogens is 346 g/mol. The van der Waals surface area contributed by atoms with Crippen molar-refractivity contribution >= 4 is 28.9 Å². The normalized spacial score (nSPS) is 10.2. The van der Waals surface area contributed by atoms with E-state index in [1.165, 1.54) is 18.4 Å². The standard InChI is InChI=1S/C20H25N3O2S/c1-3-4-5-15-8-12-18(13-9-15)21-20(26)23-22-19(24)17-10-6-16(7-11-17)14-25-2/h6-13H,3-5,14H2,1-2H3,(H,22,24)(H2,21,23,26). The van der Waals surface area contributed by atoms with E-state index >= 15 is 0 Å². The minimum atomic E-state index is -0.256. The number of rotatable bonds is 7. The number of anilines is 1. The van der Waals surface area contributed by atoms with Crippen molar-refractivity contribution in [2.45, 2.75) is 32.8 Å². The molecule has 0 bridgehead atoms. The lowest BCUT2D eigenvalue weighted by molar-refractivity contribution is 0.0944. The van der Waals surface area contributed by atoms with E-state index in [2.05, 4.69) is 35.2 Å². The molecule has 0 aliphatic carbocycles. The van der Waals surface area contributed by atoms with Crippen LogP contribution in [-0.4, -0.2) is 18.1 Å². The fourth-order valence-corrected chi connectivity index (χ4v) is 2.57. The van der Waals surface area contributed by atoms with Gasteiger partial charge in [-0.1, -0.05) is 37.6 Å². The molecule has 6 heteroatoms. The van der Waals surface area contributed by atoms with Crippen molar-refractivity contribution in [3.05, 3.63) is 65.2 Å².